The fourth-order valence-corrected chi connectivity index (χ4v) is 4.55. The van der Waals surface area contributed by atoms with Gasteiger partial charge in [-0.2, -0.15) is 5.10 Å². The van der Waals surface area contributed by atoms with Gasteiger partial charge in [-0.25, -0.2) is 8.78 Å². The number of ether oxygens (including phenoxy) is 1. The maximum atomic E-state index is 13.9. The predicted molar refractivity (Wildman–Crippen MR) is 108 cm³/mol. The van der Waals surface area contributed by atoms with Crippen molar-refractivity contribution in [2.24, 2.45) is 7.05 Å². The lowest BCUT2D eigenvalue weighted by molar-refractivity contribution is -0.0765. The lowest BCUT2D eigenvalue weighted by Gasteiger charge is -2.39. The number of benzene rings is 1. The van der Waals surface area contributed by atoms with Gasteiger partial charge in [0.15, 0.2) is 0 Å². The molecule has 2 fully saturated rings. The standard InChI is InChI=1S/C22H28F2N4O2/c1-15-11-20(27(2)26-15)21(29)25-13-18-5-6-22(30-18)7-9-28(10-8-22)14-16-12-17(23)3-4-19(16)24/h3-4,11-12,18H,5-10,13-14H2,1-2H3,(H,25,29). The van der Waals surface area contributed by atoms with Crippen LogP contribution in [0.1, 0.15) is 47.4 Å². The van der Waals surface area contributed by atoms with E-state index in [1.807, 2.05) is 6.92 Å². The van der Waals surface area contributed by atoms with Crippen LogP contribution < -0.4 is 5.32 Å². The summed E-state index contributed by atoms with van der Waals surface area (Å²) in [6.07, 6.45) is 3.57. The van der Waals surface area contributed by atoms with Crippen LogP contribution in [0.25, 0.3) is 0 Å². The van der Waals surface area contributed by atoms with Crippen LogP contribution in [0, 0.1) is 18.6 Å². The molecule has 0 radical (unpaired) electrons. The van der Waals surface area contributed by atoms with Crippen LogP contribution in [0.3, 0.4) is 0 Å². The molecule has 2 saturated heterocycles. The van der Waals surface area contributed by atoms with Crippen LogP contribution in [-0.4, -0.2) is 51.9 Å². The summed E-state index contributed by atoms with van der Waals surface area (Å²) in [7, 11) is 1.76. The predicted octanol–water partition coefficient (Wildman–Crippen LogP) is 2.95. The molecule has 3 heterocycles. The Kier molecular flexibility index (Phi) is 5.88. The highest BCUT2D eigenvalue weighted by Gasteiger charge is 2.42. The molecule has 1 unspecified atom stereocenters. The maximum absolute atomic E-state index is 13.9. The monoisotopic (exact) mass is 418 g/mol. The van der Waals surface area contributed by atoms with Crippen LogP contribution >= 0.6 is 0 Å². The molecule has 2 aromatic rings. The molecular weight excluding hydrogens is 390 g/mol. The summed E-state index contributed by atoms with van der Waals surface area (Å²) in [4.78, 5) is 14.5. The van der Waals surface area contributed by atoms with Crippen molar-refractivity contribution in [3.8, 4) is 0 Å². The third kappa shape index (κ3) is 4.54. The van der Waals surface area contributed by atoms with Crippen LogP contribution in [0.4, 0.5) is 8.78 Å². The molecule has 1 spiro atoms. The molecule has 1 atom stereocenters. The fourth-order valence-electron chi connectivity index (χ4n) is 4.55. The zero-order chi connectivity index (χ0) is 21.3. The van der Waals surface area contributed by atoms with E-state index in [9.17, 15) is 13.6 Å². The first-order valence-corrected chi connectivity index (χ1v) is 10.5. The van der Waals surface area contributed by atoms with Crippen LogP contribution in [0.2, 0.25) is 0 Å². The molecule has 1 amide bonds. The molecule has 8 heteroatoms. The van der Waals surface area contributed by atoms with Gasteiger partial charge >= 0.3 is 0 Å². The first-order valence-electron chi connectivity index (χ1n) is 10.5. The molecular formula is C22H28F2N4O2. The Bertz CT molecular complexity index is 922. The summed E-state index contributed by atoms with van der Waals surface area (Å²) in [6.45, 7) is 4.30. The van der Waals surface area contributed by atoms with E-state index in [1.54, 1.807) is 17.8 Å². The molecule has 0 aliphatic carbocycles. The second kappa shape index (κ2) is 8.43. The highest BCUT2D eigenvalue weighted by atomic mass is 19.1. The smallest absolute Gasteiger partial charge is 0.269 e. The number of hydrogen-bond donors (Lipinski definition) is 1. The van der Waals surface area contributed by atoms with Crippen molar-refractivity contribution in [1.82, 2.24) is 20.0 Å². The van der Waals surface area contributed by atoms with Gasteiger partial charge in [0.1, 0.15) is 17.3 Å². The first-order chi connectivity index (χ1) is 14.3. The summed E-state index contributed by atoms with van der Waals surface area (Å²) in [5, 5.41) is 7.16. The molecule has 2 aliphatic rings. The van der Waals surface area contributed by atoms with Crippen molar-refractivity contribution < 1.29 is 18.3 Å². The quantitative estimate of drug-likeness (QED) is 0.811. The minimum atomic E-state index is -0.412. The van der Waals surface area contributed by atoms with Crippen LogP contribution in [-0.2, 0) is 18.3 Å². The van der Waals surface area contributed by atoms with E-state index >= 15 is 0 Å². The van der Waals surface area contributed by atoms with Gasteiger partial charge < -0.3 is 10.1 Å². The number of aromatic nitrogens is 2. The Hall–Kier alpha value is -2.32. The zero-order valence-corrected chi connectivity index (χ0v) is 17.5. The van der Waals surface area contributed by atoms with Gasteiger partial charge in [0, 0.05) is 38.8 Å². The van der Waals surface area contributed by atoms with Gasteiger partial charge in [0.05, 0.1) is 17.4 Å². The van der Waals surface area contributed by atoms with Gasteiger partial charge in [-0.1, -0.05) is 0 Å². The molecule has 1 aromatic heterocycles. The second-order valence-electron chi connectivity index (χ2n) is 8.48. The number of likely N-dealkylation sites (tertiary alicyclic amines) is 1. The van der Waals surface area contributed by atoms with E-state index in [0.717, 1.165) is 50.5 Å². The SMILES string of the molecule is Cc1cc(C(=O)NCC2CCC3(CCN(Cc4cc(F)ccc4F)CC3)O2)n(C)n1. The van der Waals surface area contributed by atoms with E-state index < -0.39 is 5.82 Å². The van der Waals surface area contributed by atoms with E-state index in [4.69, 9.17) is 4.74 Å². The second-order valence-corrected chi connectivity index (χ2v) is 8.48. The Balaban J connectivity index is 1.26. The minimum absolute atomic E-state index is 0.00418. The van der Waals surface area contributed by atoms with Crippen LogP contribution in [0.5, 0.6) is 0 Å². The summed E-state index contributed by atoms with van der Waals surface area (Å²) >= 11 is 0. The highest BCUT2D eigenvalue weighted by Crippen LogP contribution is 2.39. The number of carbonyl (C=O) groups excluding carboxylic acids is 1. The summed E-state index contributed by atoms with van der Waals surface area (Å²) in [5.41, 5.74) is 1.57. The third-order valence-electron chi connectivity index (χ3n) is 6.23. The van der Waals surface area contributed by atoms with Gasteiger partial charge in [0.25, 0.3) is 5.91 Å². The Morgan fingerprint density at radius 3 is 2.73 bits per heavy atom. The Morgan fingerprint density at radius 2 is 2.03 bits per heavy atom. The lowest BCUT2D eigenvalue weighted by Crippen LogP contribution is -2.45. The van der Waals surface area contributed by atoms with Crippen molar-refractivity contribution in [2.75, 3.05) is 19.6 Å². The molecule has 0 bridgehead atoms. The minimum Gasteiger partial charge on any atom is -0.370 e. The van der Waals surface area contributed by atoms with Crippen molar-refractivity contribution in [2.45, 2.75) is 50.9 Å². The van der Waals surface area contributed by atoms with E-state index in [1.165, 1.54) is 12.1 Å². The van der Waals surface area contributed by atoms with Gasteiger partial charge in [-0.05, 0) is 56.9 Å². The number of nitrogens with one attached hydrogen (secondary N) is 1. The Labute approximate surface area is 175 Å². The number of aryl methyl sites for hydroxylation is 2. The number of amides is 1. The number of hydrogen-bond acceptors (Lipinski definition) is 4. The fraction of sp³-hybridized carbons (Fsp3) is 0.545. The molecule has 0 saturated carbocycles. The third-order valence-corrected chi connectivity index (χ3v) is 6.23. The number of rotatable bonds is 5. The summed E-state index contributed by atoms with van der Waals surface area (Å²) in [6, 6.07) is 5.37. The Morgan fingerprint density at radius 1 is 1.27 bits per heavy atom. The number of piperidine rings is 1. The molecule has 162 valence electrons. The van der Waals surface area contributed by atoms with E-state index in [-0.39, 0.29) is 23.4 Å². The van der Waals surface area contributed by atoms with Crippen LogP contribution in [0.15, 0.2) is 24.3 Å². The van der Waals surface area contributed by atoms with Crippen molar-refractivity contribution in [1.29, 1.82) is 0 Å². The number of carbonyl (C=O) groups is 1. The van der Waals surface area contributed by atoms with Crippen molar-refractivity contribution in [3.63, 3.8) is 0 Å². The molecule has 4 rings (SSSR count). The first kappa shape index (κ1) is 20.9. The maximum Gasteiger partial charge on any atom is 0.269 e. The summed E-state index contributed by atoms with van der Waals surface area (Å²) < 4.78 is 35.3. The summed E-state index contributed by atoms with van der Waals surface area (Å²) in [5.74, 6) is -0.923. The molecule has 30 heavy (non-hydrogen) atoms. The number of halogens is 2. The van der Waals surface area contributed by atoms with E-state index in [2.05, 4.69) is 15.3 Å². The normalized spacial score (nSPS) is 21.3. The average Bonchev–Trinajstić information content (AvgIpc) is 3.27. The van der Waals surface area contributed by atoms with Crippen molar-refractivity contribution in [3.05, 3.63) is 52.9 Å². The highest BCUT2D eigenvalue weighted by molar-refractivity contribution is 5.92. The molecule has 6 nitrogen and oxygen atoms in total. The van der Waals surface area contributed by atoms with Crippen molar-refractivity contribution >= 4 is 5.91 Å². The zero-order valence-electron chi connectivity index (χ0n) is 17.5. The lowest BCUT2D eigenvalue weighted by atomic mass is 9.88. The largest absolute Gasteiger partial charge is 0.370 e. The topological polar surface area (TPSA) is 59.4 Å². The molecule has 1 aromatic carbocycles. The average molecular weight is 418 g/mol. The van der Waals surface area contributed by atoms with E-state index in [0.29, 0.717) is 24.3 Å². The van der Waals surface area contributed by atoms with Gasteiger partial charge in [-0.15, -0.1) is 0 Å². The number of nitrogens with zero attached hydrogens (tertiary/aromatic N) is 3. The molecule has 2 aliphatic heterocycles. The van der Waals surface area contributed by atoms with Gasteiger partial charge in [0.2, 0.25) is 0 Å². The van der Waals surface area contributed by atoms with Gasteiger partial charge in [-0.3, -0.25) is 14.4 Å². The molecule has 1 N–H and O–H groups in total.